The SMILES string of the molecule is O=S(=O)(O)CCCc1ccc(OCCCCCCc2ccccc2)cc1. The number of ether oxygens (including phenoxy) is 1. The predicted molar refractivity (Wildman–Crippen MR) is 105 cm³/mol. The molecule has 0 heterocycles. The van der Waals surface area contributed by atoms with E-state index < -0.39 is 10.1 Å². The number of aryl methyl sites for hydroxylation is 2. The summed E-state index contributed by atoms with van der Waals surface area (Å²) >= 11 is 0. The largest absolute Gasteiger partial charge is 0.494 e. The maximum Gasteiger partial charge on any atom is 0.264 e. The lowest BCUT2D eigenvalue weighted by Gasteiger charge is -2.07. The second-order valence-corrected chi connectivity index (χ2v) is 8.10. The summed E-state index contributed by atoms with van der Waals surface area (Å²) in [6.07, 6.45) is 6.82. The second-order valence-electron chi connectivity index (χ2n) is 6.53. The molecule has 0 unspecified atom stereocenters. The quantitative estimate of drug-likeness (QED) is 0.431. The fraction of sp³-hybridized carbons (Fsp3) is 0.429. The van der Waals surface area contributed by atoms with Crippen molar-refractivity contribution in [3.05, 3.63) is 65.7 Å². The Hall–Kier alpha value is -1.85. The molecule has 0 aliphatic carbocycles. The number of unbranched alkanes of at least 4 members (excludes halogenated alkanes) is 3. The Morgan fingerprint density at radius 1 is 0.731 bits per heavy atom. The summed E-state index contributed by atoms with van der Waals surface area (Å²) in [6, 6.07) is 18.3. The van der Waals surface area contributed by atoms with Gasteiger partial charge in [0.1, 0.15) is 5.75 Å². The van der Waals surface area contributed by atoms with Crippen LogP contribution in [-0.4, -0.2) is 25.3 Å². The Labute approximate surface area is 157 Å². The number of hydrogen-bond acceptors (Lipinski definition) is 3. The normalized spacial score (nSPS) is 11.4. The summed E-state index contributed by atoms with van der Waals surface area (Å²) in [5.74, 6) is 0.642. The summed E-state index contributed by atoms with van der Waals surface area (Å²) in [4.78, 5) is 0. The van der Waals surface area contributed by atoms with E-state index in [0.29, 0.717) is 19.4 Å². The highest BCUT2D eigenvalue weighted by atomic mass is 32.2. The van der Waals surface area contributed by atoms with Gasteiger partial charge in [-0.15, -0.1) is 0 Å². The summed E-state index contributed by atoms with van der Waals surface area (Å²) in [6.45, 7) is 0.716. The Morgan fingerprint density at radius 3 is 2.04 bits per heavy atom. The van der Waals surface area contributed by atoms with E-state index in [0.717, 1.165) is 24.2 Å². The van der Waals surface area contributed by atoms with Gasteiger partial charge in [-0.2, -0.15) is 8.42 Å². The first-order chi connectivity index (χ1) is 12.5. The topological polar surface area (TPSA) is 63.6 Å². The van der Waals surface area contributed by atoms with Crippen LogP contribution in [0.3, 0.4) is 0 Å². The monoisotopic (exact) mass is 376 g/mol. The van der Waals surface area contributed by atoms with E-state index in [2.05, 4.69) is 24.3 Å². The molecular weight excluding hydrogens is 348 g/mol. The molecule has 0 aliphatic rings. The van der Waals surface area contributed by atoms with Crippen molar-refractivity contribution in [2.24, 2.45) is 0 Å². The van der Waals surface area contributed by atoms with Crippen molar-refractivity contribution < 1.29 is 17.7 Å². The molecule has 0 radical (unpaired) electrons. The van der Waals surface area contributed by atoms with Gasteiger partial charge in [-0.1, -0.05) is 55.3 Å². The summed E-state index contributed by atoms with van der Waals surface area (Å²) in [7, 11) is -3.86. The average Bonchev–Trinajstić information content (AvgIpc) is 2.62. The van der Waals surface area contributed by atoms with Crippen LogP contribution in [0.15, 0.2) is 54.6 Å². The van der Waals surface area contributed by atoms with Crippen LogP contribution in [0.4, 0.5) is 0 Å². The van der Waals surface area contributed by atoms with Crippen LogP contribution in [0, 0.1) is 0 Å². The van der Waals surface area contributed by atoms with Gasteiger partial charge in [-0.3, -0.25) is 4.55 Å². The van der Waals surface area contributed by atoms with Crippen LogP contribution in [0.25, 0.3) is 0 Å². The molecule has 2 aromatic rings. The maximum absolute atomic E-state index is 10.7. The van der Waals surface area contributed by atoms with Gasteiger partial charge < -0.3 is 4.74 Å². The van der Waals surface area contributed by atoms with E-state index in [-0.39, 0.29) is 5.75 Å². The molecule has 0 saturated carbocycles. The van der Waals surface area contributed by atoms with Crippen LogP contribution in [0.5, 0.6) is 5.75 Å². The first-order valence-electron chi connectivity index (χ1n) is 9.24. The molecule has 2 rings (SSSR count). The zero-order chi connectivity index (χ0) is 18.7. The van der Waals surface area contributed by atoms with Gasteiger partial charge in [0.25, 0.3) is 10.1 Å². The van der Waals surface area contributed by atoms with Gasteiger partial charge >= 0.3 is 0 Å². The zero-order valence-electron chi connectivity index (χ0n) is 15.1. The van der Waals surface area contributed by atoms with Crippen molar-refractivity contribution in [3.63, 3.8) is 0 Å². The second kappa shape index (κ2) is 11.0. The molecule has 142 valence electrons. The van der Waals surface area contributed by atoms with Crippen molar-refractivity contribution in [3.8, 4) is 5.75 Å². The minimum absolute atomic E-state index is 0.199. The lowest BCUT2D eigenvalue weighted by Crippen LogP contribution is -2.04. The molecule has 1 N–H and O–H groups in total. The molecule has 0 saturated heterocycles. The van der Waals surface area contributed by atoms with Crippen molar-refractivity contribution >= 4 is 10.1 Å². The predicted octanol–water partition coefficient (Wildman–Crippen LogP) is 4.69. The first kappa shape index (κ1) is 20.5. The van der Waals surface area contributed by atoms with Crippen molar-refractivity contribution in [1.82, 2.24) is 0 Å². The smallest absolute Gasteiger partial charge is 0.264 e. The highest BCUT2D eigenvalue weighted by Gasteiger charge is 2.04. The van der Waals surface area contributed by atoms with Gasteiger partial charge in [0.15, 0.2) is 0 Å². The molecule has 4 nitrogen and oxygen atoms in total. The number of benzene rings is 2. The van der Waals surface area contributed by atoms with Crippen LogP contribution < -0.4 is 4.74 Å². The molecule has 2 aromatic carbocycles. The third-order valence-electron chi connectivity index (χ3n) is 4.26. The molecule has 26 heavy (non-hydrogen) atoms. The fourth-order valence-electron chi connectivity index (χ4n) is 2.83. The third-order valence-corrected chi connectivity index (χ3v) is 5.07. The molecule has 0 aliphatic heterocycles. The van der Waals surface area contributed by atoms with Crippen molar-refractivity contribution in [2.45, 2.75) is 44.9 Å². The summed E-state index contributed by atoms with van der Waals surface area (Å²) < 4.78 is 35.9. The lowest BCUT2D eigenvalue weighted by molar-refractivity contribution is 0.304. The highest BCUT2D eigenvalue weighted by molar-refractivity contribution is 7.85. The fourth-order valence-corrected chi connectivity index (χ4v) is 3.34. The standard InChI is InChI=1S/C21H28O4S/c22-26(23,24)18-8-12-20-13-15-21(16-14-20)25-17-7-2-1-4-9-19-10-5-3-6-11-19/h3,5-6,10-11,13-16H,1-2,4,7-9,12,17-18H2,(H,22,23,24). The van der Waals surface area contributed by atoms with Gasteiger partial charge in [-0.05, 0) is 55.4 Å². The van der Waals surface area contributed by atoms with E-state index in [9.17, 15) is 8.42 Å². The van der Waals surface area contributed by atoms with E-state index in [4.69, 9.17) is 9.29 Å². The minimum atomic E-state index is -3.86. The number of rotatable bonds is 12. The highest BCUT2D eigenvalue weighted by Crippen LogP contribution is 2.15. The molecule has 5 heteroatoms. The summed E-state index contributed by atoms with van der Waals surface area (Å²) in [5, 5.41) is 0. The average molecular weight is 377 g/mol. The Morgan fingerprint density at radius 2 is 1.35 bits per heavy atom. The lowest BCUT2D eigenvalue weighted by atomic mass is 10.1. The van der Waals surface area contributed by atoms with Gasteiger partial charge in [0, 0.05) is 0 Å². The van der Waals surface area contributed by atoms with E-state index >= 15 is 0 Å². The molecule has 0 atom stereocenters. The molecular formula is C21H28O4S. The van der Waals surface area contributed by atoms with Gasteiger partial charge in [0.05, 0.1) is 12.4 Å². The first-order valence-corrected chi connectivity index (χ1v) is 10.8. The zero-order valence-corrected chi connectivity index (χ0v) is 16.0. The minimum Gasteiger partial charge on any atom is -0.494 e. The third kappa shape index (κ3) is 9.02. The Bertz CT molecular complexity index is 724. The molecule has 0 spiro atoms. The molecule has 0 bridgehead atoms. The van der Waals surface area contributed by atoms with Crippen LogP contribution in [0.2, 0.25) is 0 Å². The van der Waals surface area contributed by atoms with Crippen molar-refractivity contribution in [1.29, 1.82) is 0 Å². The van der Waals surface area contributed by atoms with Gasteiger partial charge in [0.2, 0.25) is 0 Å². The van der Waals surface area contributed by atoms with Crippen molar-refractivity contribution in [2.75, 3.05) is 12.4 Å². The van der Waals surface area contributed by atoms with E-state index in [1.807, 2.05) is 30.3 Å². The molecule has 0 fully saturated rings. The van der Waals surface area contributed by atoms with Crippen LogP contribution >= 0.6 is 0 Å². The Balaban J connectivity index is 1.54. The van der Waals surface area contributed by atoms with E-state index in [1.54, 1.807) is 0 Å². The Kier molecular flexibility index (Phi) is 8.65. The number of hydrogen-bond donors (Lipinski definition) is 1. The van der Waals surface area contributed by atoms with Gasteiger partial charge in [-0.25, -0.2) is 0 Å². The van der Waals surface area contributed by atoms with Crippen LogP contribution in [0.1, 0.15) is 43.2 Å². The van der Waals surface area contributed by atoms with E-state index in [1.165, 1.54) is 24.8 Å². The molecule has 0 amide bonds. The maximum atomic E-state index is 10.7. The summed E-state index contributed by atoms with van der Waals surface area (Å²) in [5.41, 5.74) is 2.45. The molecule has 0 aromatic heterocycles. The van der Waals surface area contributed by atoms with Crippen LogP contribution in [-0.2, 0) is 23.0 Å².